The van der Waals surface area contributed by atoms with Crippen molar-refractivity contribution in [2.24, 2.45) is 4.99 Å². The Bertz CT molecular complexity index is 1300. The van der Waals surface area contributed by atoms with E-state index in [1.54, 1.807) is 37.3 Å². The summed E-state index contributed by atoms with van der Waals surface area (Å²) in [5.41, 5.74) is 1.90. The van der Waals surface area contributed by atoms with Gasteiger partial charge in [-0.25, -0.2) is 9.79 Å². The van der Waals surface area contributed by atoms with Gasteiger partial charge >= 0.3 is 5.97 Å². The molecule has 2 aromatic carbocycles. The first-order chi connectivity index (χ1) is 14.0. The van der Waals surface area contributed by atoms with Crippen LogP contribution in [0.3, 0.4) is 0 Å². The molecule has 3 aromatic rings. The van der Waals surface area contributed by atoms with Crippen LogP contribution in [0.4, 0.5) is 0 Å². The van der Waals surface area contributed by atoms with Crippen LogP contribution in [0.25, 0.3) is 6.08 Å². The maximum atomic E-state index is 13.3. The number of aromatic nitrogens is 1. The number of carbonyl (C=O) groups excluding carboxylic acids is 1. The maximum absolute atomic E-state index is 13.3. The molecule has 0 saturated heterocycles. The Labute approximate surface area is 170 Å². The zero-order chi connectivity index (χ0) is 20.5. The van der Waals surface area contributed by atoms with Crippen molar-refractivity contribution in [3.05, 3.63) is 96.7 Å². The summed E-state index contributed by atoms with van der Waals surface area (Å²) in [5, 5.41) is 10.1. The first-order valence-electron chi connectivity index (χ1n) is 8.95. The largest absolute Gasteiger partial charge is 0.507 e. The fraction of sp³-hybridized carbons (Fsp3) is 0.136. The molecule has 146 valence electrons. The maximum Gasteiger partial charge on any atom is 0.338 e. The minimum Gasteiger partial charge on any atom is -0.507 e. The molecule has 1 aromatic heterocycles. The van der Waals surface area contributed by atoms with Crippen LogP contribution in [-0.2, 0) is 9.53 Å². The Kier molecular flexibility index (Phi) is 4.90. The van der Waals surface area contributed by atoms with E-state index in [0.29, 0.717) is 26.2 Å². The van der Waals surface area contributed by atoms with E-state index < -0.39 is 12.0 Å². The standard InChI is InChI=1S/C22H18N2O4S/c1-13-18(21(27)28-2)19(14-8-4-3-5-9-14)24-20(26)17(29-22(24)23-13)12-15-10-6-7-11-16(15)25/h3-12,19,25H,1-2H3/b17-12+/t19-/m0/s1. The number of benzene rings is 2. The number of methoxy groups -OCH3 is 1. The fourth-order valence-corrected chi connectivity index (χ4v) is 4.43. The molecule has 0 fully saturated rings. The molecule has 6 nitrogen and oxygen atoms in total. The smallest absolute Gasteiger partial charge is 0.338 e. The molecule has 1 atom stereocenters. The molecule has 29 heavy (non-hydrogen) atoms. The molecular weight excluding hydrogens is 388 g/mol. The minimum atomic E-state index is -0.633. The first kappa shape index (κ1) is 18.9. The second kappa shape index (κ2) is 7.52. The van der Waals surface area contributed by atoms with Crippen molar-refractivity contribution in [3.63, 3.8) is 0 Å². The summed E-state index contributed by atoms with van der Waals surface area (Å²) in [7, 11) is 1.31. The number of hydrogen-bond donors (Lipinski definition) is 1. The quantitative estimate of drug-likeness (QED) is 0.676. The summed E-state index contributed by atoms with van der Waals surface area (Å²) in [6.07, 6.45) is 1.64. The molecule has 0 amide bonds. The molecule has 1 aliphatic heterocycles. The molecule has 0 bridgehead atoms. The van der Waals surface area contributed by atoms with Gasteiger partial charge in [0.05, 0.1) is 29.0 Å². The highest BCUT2D eigenvalue weighted by Gasteiger charge is 2.32. The number of phenolic OH excluding ortho intramolecular Hbond substituents is 1. The Morgan fingerprint density at radius 3 is 2.55 bits per heavy atom. The van der Waals surface area contributed by atoms with Gasteiger partial charge < -0.3 is 9.84 Å². The number of hydrogen-bond acceptors (Lipinski definition) is 6. The van der Waals surface area contributed by atoms with Crippen LogP contribution in [0.2, 0.25) is 0 Å². The topological polar surface area (TPSA) is 80.9 Å². The monoisotopic (exact) mass is 406 g/mol. The lowest BCUT2D eigenvalue weighted by Crippen LogP contribution is -2.39. The van der Waals surface area contributed by atoms with Gasteiger partial charge in [0, 0.05) is 5.56 Å². The third-order valence-corrected chi connectivity index (χ3v) is 5.75. The molecule has 0 saturated carbocycles. The lowest BCUT2D eigenvalue weighted by atomic mass is 9.96. The third-order valence-electron chi connectivity index (χ3n) is 4.77. The van der Waals surface area contributed by atoms with Gasteiger partial charge in [-0.15, -0.1) is 0 Å². The average molecular weight is 406 g/mol. The Morgan fingerprint density at radius 1 is 1.17 bits per heavy atom. The normalized spacial score (nSPS) is 16.3. The van der Waals surface area contributed by atoms with Gasteiger partial charge in [0.25, 0.3) is 5.56 Å². The van der Waals surface area contributed by atoms with Gasteiger partial charge in [-0.1, -0.05) is 59.9 Å². The fourth-order valence-electron chi connectivity index (χ4n) is 3.39. The van der Waals surface area contributed by atoms with Crippen molar-refractivity contribution in [2.45, 2.75) is 13.0 Å². The van der Waals surface area contributed by atoms with Crippen molar-refractivity contribution >= 4 is 23.4 Å². The van der Waals surface area contributed by atoms with E-state index in [4.69, 9.17) is 4.74 Å². The molecule has 1 aliphatic rings. The number of esters is 1. The van der Waals surface area contributed by atoms with Crippen LogP contribution in [0.5, 0.6) is 5.75 Å². The summed E-state index contributed by atoms with van der Waals surface area (Å²) in [5.74, 6) is -0.431. The highest BCUT2D eigenvalue weighted by molar-refractivity contribution is 7.07. The van der Waals surface area contributed by atoms with Gasteiger partial charge in [-0.3, -0.25) is 9.36 Å². The Morgan fingerprint density at radius 2 is 1.86 bits per heavy atom. The van der Waals surface area contributed by atoms with E-state index >= 15 is 0 Å². The van der Waals surface area contributed by atoms with Crippen LogP contribution < -0.4 is 14.9 Å². The Balaban J connectivity index is 2.00. The van der Waals surface area contributed by atoms with Crippen LogP contribution in [-0.4, -0.2) is 22.8 Å². The number of aromatic hydroxyl groups is 1. The molecule has 0 radical (unpaired) electrons. The number of para-hydroxylation sites is 1. The van der Waals surface area contributed by atoms with Gasteiger partial charge in [-0.2, -0.15) is 0 Å². The van der Waals surface area contributed by atoms with Crippen molar-refractivity contribution in [3.8, 4) is 5.75 Å². The summed E-state index contributed by atoms with van der Waals surface area (Å²) in [6.45, 7) is 1.74. The van der Waals surface area contributed by atoms with E-state index in [9.17, 15) is 14.7 Å². The summed E-state index contributed by atoms with van der Waals surface area (Å²) >= 11 is 1.22. The number of fused-ring (bicyclic) bond motifs is 1. The van der Waals surface area contributed by atoms with Gasteiger partial charge in [0.15, 0.2) is 4.80 Å². The second-order valence-electron chi connectivity index (χ2n) is 6.54. The molecule has 7 heteroatoms. The summed E-state index contributed by atoms with van der Waals surface area (Å²) in [6, 6.07) is 15.5. The number of rotatable bonds is 3. The number of ether oxygens (including phenoxy) is 1. The lowest BCUT2D eigenvalue weighted by molar-refractivity contribution is -0.136. The Hall–Kier alpha value is -3.45. The van der Waals surface area contributed by atoms with Crippen LogP contribution >= 0.6 is 11.3 Å². The van der Waals surface area contributed by atoms with Gasteiger partial charge in [0.1, 0.15) is 5.75 Å². The average Bonchev–Trinajstić information content (AvgIpc) is 3.03. The third kappa shape index (κ3) is 3.30. The van der Waals surface area contributed by atoms with Gasteiger partial charge in [0.2, 0.25) is 0 Å². The predicted octanol–water partition coefficient (Wildman–Crippen LogP) is 2.11. The molecule has 4 rings (SSSR count). The first-order valence-corrected chi connectivity index (χ1v) is 9.76. The molecular formula is C22H18N2O4S. The number of thiazole rings is 1. The van der Waals surface area contributed by atoms with Crippen LogP contribution in [0.1, 0.15) is 24.1 Å². The lowest BCUT2D eigenvalue weighted by Gasteiger charge is -2.24. The number of phenols is 1. The zero-order valence-corrected chi connectivity index (χ0v) is 16.6. The number of nitrogens with zero attached hydrogens (tertiary/aromatic N) is 2. The molecule has 0 spiro atoms. The molecule has 0 unspecified atom stereocenters. The van der Waals surface area contributed by atoms with E-state index in [1.807, 2.05) is 30.3 Å². The van der Waals surface area contributed by atoms with Gasteiger partial charge in [-0.05, 0) is 24.6 Å². The summed E-state index contributed by atoms with van der Waals surface area (Å²) < 4.78 is 6.92. The van der Waals surface area contributed by atoms with Crippen molar-refractivity contribution in [1.29, 1.82) is 0 Å². The molecule has 1 N–H and O–H groups in total. The highest BCUT2D eigenvalue weighted by Crippen LogP contribution is 2.30. The van der Waals surface area contributed by atoms with E-state index in [1.165, 1.54) is 23.0 Å². The summed E-state index contributed by atoms with van der Waals surface area (Å²) in [4.78, 5) is 30.8. The predicted molar refractivity (Wildman–Crippen MR) is 110 cm³/mol. The number of carbonyl (C=O) groups is 1. The van der Waals surface area contributed by atoms with E-state index in [2.05, 4.69) is 4.99 Å². The van der Waals surface area contributed by atoms with Crippen LogP contribution in [0, 0.1) is 0 Å². The molecule has 2 heterocycles. The van der Waals surface area contributed by atoms with Crippen molar-refractivity contribution in [1.82, 2.24) is 4.57 Å². The van der Waals surface area contributed by atoms with Crippen molar-refractivity contribution < 1.29 is 14.6 Å². The second-order valence-corrected chi connectivity index (χ2v) is 7.55. The van der Waals surface area contributed by atoms with Crippen LogP contribution in [0.15, 0.2) is 75.7 Å². The zero-order valence-electron chi connectivity index (χ0n) is 15.8. The minimum absolute atomic E-state index is 0.0874. The SMILES string of the molecule is COC(=O)C1=C(C)N=c2s/c(=C/c3ccccc3O)c(=O)n2[C@H]1c1ccccc1. The molecule has 0 aliphatic carbocycles. The van der Waals surface area contributed by atoms with E-state index in [0.717, 1.165) is 5.56 Å². The highest BCUT2D eigenvalue weighted by atomic mass is 32.1. The number of allylic oxidation sites excluding steroid dienone is 1. The van der Waals surface area contributed by atoms with Crippen molar-refractivity contribution in [2.75, 3.05) is 7.11 Å². The van der Waals surface area contributed by atoms with E-state index in [-0.39, 0.29) is 11.3 Å².